The Kier molecular flexibility index (Phi) is 4.08. The molecule has 5 rings (SSSR count). The van der Waals surface area contributed by atoms with E-state index in [1.165, 1.54) is 18.4 Å². The number of methoxy groups -OCH3 is 1. The van der Waals surface area contributed by atoms with Gasteiger partial charge in [0.25, 0.3) is 0 Å². The van der Waals surface area contributed by atoms with Crippen LogP contribution in [0.4, 0.5) is 9.93 Å². The number of ether oxygens (including phenoxy) is 2. The van der Waals surface area contributed by atoms with Crippen LogP contribution in [0.5, 0.6) is 0 Å². The number of hydrogen-bond acceptors (Lipinski definition) is 10. The van der Waals surface area contributed by atoms with Crippen molar-refractivity contribution in [2.24, 2.45) is 11.7 Å². The number of nitrogens with one attached hydrogen (secondary N) is 2. The van der Waals surface area contributed by atoms with E-state index in [1.807, 2.05) is 17.2 Å². The van der Waals surface area contributed by atoms with Crippen molar-refractivity contribution in [1.29, 1.82) is 0 Å². The largest absolute Gasteiger partial charge is 0.449 e. The zero-order chi connectivity index (χ0) is 21.4. The number of aromatic nitrogens is 1. The highest BCUT2D eigenvalue weighted by Crippen LogP contribution is 2.55. The highest BCUT2D eigenvalue weighted by atomic mass is 32.1. The van der Waals surface area contributed by atoms with Crippen molar-refractivity contribution < 1.29 is 23.9 Å². The van der Waals surface area contributed by atoms with E-state index < -0.39 is 17.7 Å². The fourth-order valence-corrected chi connectivity index (χ4v) is 5.65. The van der Waals surface area contributed by atoms with E-state index >= 15 is 0 Å². The first-order chi connectivity index (χ1) is 14.3. The van der Waals surface area contributed by atoms with Crippen molar-refractivity contribution in [2.75, 3.05) is 25.6 Å². The number of Topliss-reactive ketones (excluding diaryl/α,β-unsaturated/α-hetero) is 2. The number of rotatable bonds is 5. The van der Waals surface area contributed by atoms with Crippen LogP contribution in [-0.2, 0) is 19.1 Å². The lowest BCUT2D eigenvalue weighted by Crippen LogP contribution is -2.55. The molecule has 0 radical (unpaired) electrons. The number of aryl methyl sites for hydroxylation is 1. The van der Waals surface area contributed by atoms with Crippen LogP contribution in [0.15, 0.2) is 27.9 Å². The fourth-order valence-electron chi connectivity index (χ4n) is 4.96. The molecule has 2 fully saturated rings. The molecular weight excluding hydrogens is 410 g/mol. The van der Waals surface area contributed by atoms with Crippen LogP contribution in [0.2, 0.25) is 0 Å². The van der Waals surface area contributed by atoms with Crippen LogP contribution in [0.3, 0.4) is 0 Å². The van der Waals surface area contributed by atoms with E-state index in [0.717, 1.165) is 5.69 Å². The van der Waals surface area contributed by atoms with Gasteiger partial charge in [-0.1, -0.05) is 0 Å². The number of primary amides is 1. The molecule has 1 amide bonds. The Hall–Kier alpha value is -2.76. The van der Waals surface area contributed by atoms with Gasteiger partial charge in [0.1, 0.15) is 6.61 Å². The fraction of sp³-hybridized carbons (Fsp3) is 0.474. The van der Waals surface area contributed by atoms with Crippen LogP contribution in [0.25, 0.3) is 0 Å². The first-order valence-electron chi connectivity index (χ1n) is 9.54. The summed E-state index contributed by atoms with van der Waals surface area (Å²) in [6.07, 6.45) is -0.946. The number of hydrogen-bond donors (Lipinski definition) is 3. The second kappa shape index (κ2) is 6.37. The minimum Gasteiger partial charge on any atom is -0.449 e. The summed E-state index contributed by atoms with van der Waals surface area (Å²) in [6.45, 7) is 3.85. The summed E-state index contributed by atoms with van der Waals surface area (Å²) in [5.74, 6) is -1.23. The number of fused-ring (bicyclic) bond motifs is 4. The summed E-state index contributed by atoms with van der Waals surface area (Å²) in [5.41, 5.74) is 6.15. The second-order valence-electron chi connectivity index (χ2n) is 7.84. The third-order valence-electron chi connectivity index (χ3n) is 6.28. The predicted molar refractivity (Wildman–Crippen MR) is 106 cm³/mol. The molecule has 10 nitrogen and oxygen atoms in total. The lowest BCUT2D eigenvalue weighted by Gasteiger charge is -2.39. The highest BCUT2D eigenvalue weighted by Gasteiger charge is 2.72. The van der Waals surface area contributed by atoms with E-state index in [0.29, 0.717) is 22.9 Å². The quantitative estimate of drug-likeness (QED) is 0.441. The van der Waals surface area contributed by atoms with Gasteiger partial charge in [0.2, 0.25) is 11.6 Å². The molecular formula is C19H21N5O5S. The van der Waals surface area contributed by atoms with Crippen molar-refractivity contribution in [3.05, 3.63) is 33.6 Å². The molecule has 0 unspecified atom stereocenters. The van der Waals surface area contributed by atoms with Gasteiger partial charge in [-0.05, 0) is 13.8 Å². The topological polar surface area (TPSA) is 146 Å². The zero-order valence-corrected chi connectivity index (χ0v) is 17.5. The summed E-state index contributed by atoms with van der Waals surface area (Å²) in [6, 6.07) is 0.0774. The predicted octanol–water partition coefficient (Wildman–Crippen LogP) is 0.267. The monoisotopic (exact) mass is 431 g/mol. The van der Waals surface area contributed by atoms with Crippen molar-refractivity contribution in [3.8, 4) is 0 Å². The second-order valence-corrected chi connectivity index (χ2v) is 8.70. The summed E-state index contributed by atoms with van der Waals surface area (Å²) in [7, 11) is 1.54. The lowest BCUT2D eigenvalue weighted by molar-refractivity contribution is -0.137. The van der Waals surface area contributed by atoms with Crippen LogP contribution in [0, 0.1) is 12.8 Å². The van der Waals surface area contributed by atoms with E-state index in [1.54, 1.807) is 6.92 Å². The molecule has 4 N–H and O–H groups in total. The normalized spacial score (nSPS) is 31.7. The number of nitrogens with two attached hydrogens (primary N) is 1. The Bertz CT molecular complexity index is 1060. The van der Waals surface area contributed by atoms with Gasteiger partial charge in [0, 0.05) is 36.2 Å². The lowest BCUT2D eigenvalue weighted by atomic mass is 9.82. The average Bonchev–Trinajstić information content (AvgIpc) is 3.10. The number of piperazine rings is 1. The van der Waals surface area contributed by atoms with Gasteiger partial charge in [-0.15, -0.1) is 11.3 Å². The smallest absolute Gasteiger partial charge is 0.404 e. The first kappa shape index (κ1) is 19.2. The number of nitrogens with zero attached hydrogens (tertiary/aromatic N) is 2. The maximum absolute atomic E-state index is 13.6. The zero-order valence-electron chi connectivity index (χ0n) is 16.6. The molecule has 30 heavy (non-hydrogen) atoms. The maximum Gasteiger partial charge on any atom is 0.404 e. The number of thiazole rings is 1. The van der Waals surface area contributed by atoms with Crippen LogP contribution >= 0.6 is 11.3 Å². The summed E-state index contributed by atoms with van der Waals surface area (Å²) >= 11 is 1.35. The minimum absolute atomic E-state index is 0.0755. The van der Waals surface area contributed by atoms with E-state index in [2.05, 4.69) is 15.6 Å². The SMILES string of the molecule is CO[C@@]12[C@@H]3N[C@@H]3CN1C1=C(C(=O)C(Nc3nc(C)cs3)=C(C)C1=O)[C@@H]2COC(N)=O. The first-order valence-corrected chi connectivity index (χ1v) is 10.4. The molecule has 0 spiro atoms. The molecule has 11 heteroatoms. The van der Waals surface area contributed by atoms with Gasteiger partial charge in [0.05, 0.1) is 29.0 Å². The summed E-state index contributed by atoms with van der Waals surface area (Å²) < 4.78 is 11.0. The molecule has 4 aliphatic rings. The van der Waals surface area contributed by atoms with E-state index in [4.69, 9.17) is 15.2 Å². The van der Waals surface area contributed by atoms with Gasteiger partial charge in [0.15, 0.2) is 10.9 Å². The number of carbonyl (C=O) groups is 3. The van der Waals surface area contributed by atoms with Gasteiger partial charge in [-0.25, -0.2) is 9.78 Å². The standard InChI is InChI=1S/C19H21N5O5S/c1-7-6-30-18(21-7)23-12-8(2)14(25)13-11(15(12)26)9(5-29-17(20)27)19(28-3)16-10(22-16)4-24(13)19/h6,9-10,16,22H,4-5H2,1-3H3,(H2,20,27)(H,21,23)/t9-,10+,16+,19-/m0/s1. The molecule has 0 aromatic carbocycles. The summed E-state index contributed by atoms with van der Waals surface area (Å²) in [4.78, 5) is 44.5. The molecule has 0 saturated carbocycles. The highest BCUT2D eigenvalue weighted by molar-refractivity contribution is 7.13. The van der Waals surface area contributed by atoms with Crippen LogP contribution < -0.4 is 16.4 Å². The molecule has 158 valence electrons. The van der Waals surface area contributed by atoms with Gasteiger partial charge in [-0.2, -0.15) is 0 Å². The van der Waals surface area contributed by atoms with Crippen LogP contribution in [-0.4, -0.2) is 65.6 Å². The molecule has 1 aliphatic carbocycles. The van der Waals surface area contributed by atoms with Crippen molar-refractivity contribution in [1.82, 2.24) is 15.2 Å². The van der Waals surface area contributed by atoms with Gasteiger partial charge >= 0.3 is 6.09 Å². The molecule has 4 heterocycles. The van der Waals surface area contributed by atoms with Crippen LogP contribution in [0.1, 0.15) is 12.6 Å². The van der Waals surface area contributed by atoms with Gasteiger partial charge in [-0.3, -0.25) is 9.59 Å². The molecule has 1 aromatic heterocycles. The van der Waals surface area contributed by atoms with Gasteiger partial charge < -0.3 is 30.7 Å². The number of carbonyl (C=O) groups excluding carboxylic acids is 3. The maximum atomic E-state index is 13.6. The molecule has 1 aromatic rings. The average molecular weight is 431 g/mol. The number of amides is 1. The summed E-state index contributed by atoms with van der Waals surface area (Å²) in [5, 5.41) is 8.73. The van der Waals surface area contributed by atoms with E-state index in [-0.39, 0.29) is 41.5 Å². The Morgan fingerprint density at radius 2 is 2.20 bits per heavy atom. The van der Waals surface area contributed by atoms with Crippen molar-refractivity contribution >= 4 is 34.1 Å². The van der Waals surface area contributed by atoms with E-state index in [9.17, 15) is 14.4 Å². The number of anilines is 1. The Morgan fingerprint density at radius 3 is 2.83 bits per heavy atom. The number of ketones is 2. The van der Waals surface area contributed by atoms with Crippen molar-refractivity contribution in [3.63, 3.8) is 0 Å². The van der Waals surface area contributed by atoms with Crippen molar-refractivity contribution in [2.45, 2.75) is 31.7 Å². The third kappa shape index (κ3) is 2.42. The Balaban J connectivity index is 1.58. The molecule has 3 aliphatic heterocycles. The third-order valence-corrected chi connectivity index (χ3v) is 7.15. The Labute approximate surface area is 176 Å². The molecule has 0 bridgehead atoms. The Morgan fingerprint density at radius 1 is 1.43 bits per heavy atom. The molecule has 2 saturated heterocycles. The number of allylic oxidation sites excluding steroid dienone is 2. The molecule has 4 atom stereocenters. The minimum atomic E-state index is -0.983.